The summed E-state index contributed by atoms with van der Waals surface area (Å²) in [6.45, 7) is 0.649. The van der Waals surface area contributed by atoms with Gasteiger partial charge < -0.3 is 10.6 Å². The lowest BCUT2D eigenvalue weighted by Gasteiger charge is -2.39. The number of nitrogens with one attached hydrogen (secondary N) is 1. The predicted molar refractivity (Wildman–Crippen MR) is 85.9 cm³/mol. The summed E-state index contributed by atoms with van der Waals surface area (Å²) in [5.74, 6) is 0.425. The van der Waals surface area contributed by atoms with Gasteiger partial charge in [0.25, 0.3) is 0 Å². The number of nitrogens with zero attached hydrogens (tertiary/aromatic N) is 1. The predicted octanol–water partition coefficient (Wildman–Crippen LogP) is 1.55. The summed E-state index contributed by atoms with van der Waals surface area (Å²) in [5.41, 5.74) is 6.65. The average Bonchev–Trinajstić information content (AvgIpc) is 2.54. The number of anilines is 1. The Hall–Kier alpha value is -1.11. The molecule has 1 aliphatic carbocycles. The lowest BCUT2D eigenvalue weighted by atomic mass is 9.83. The molecule has 0 bridgehead atoms. The molecule has 3 N–H and O–H groups in total. The molecule has 2 rings (SSSR count). The smallest absolute Gasteiger partial charge is 0.242 e. The Morgan fingerprint density at radius 1 is 1.29 bits per heavy atom. The Bertz CT molecular complexity index is 574. The molecule has 0 amide bonds. The van der Waals surface area contributed by atoms with Gasteiger partial charge in [-0.15, -0.1) is 0 Å². The fourth-order valence-electron chi connectivity index (χ4n) is 3.24. The molecule has 1 saturated carbocycles. The molecular weight excluding hydrogens is 286 g/mol. The lowest BCUT2D eigenvalue weighted by Crippen LogP contribution is -2.43. The van der Waals surface area contributed by atoms with E-state index in [0.717, 1.165) is 18.5 Å². The normalized spacial score (nSPS) is 23.0. The minimum Gasteiger partial charge on any atom is -0.370 e. The van der Waals surface area contributed by atoms with Crippen molar-refractivity contribution in [3.8, 4) is 0 Å². The van der Waals surface area contributed by atoms with E-state index in [4.69, 9.17) is 5.73 Å². The van der Waals surface area contributed by atoms with E-state index >= 15 is 0 Å². The van der Waals surface area contributed by atoms with E-state index in [9.17, 15) is 8.42 Å². The van der Waals surface area contributed by atoms with E-state index in [1.54, 1.807) is 12.1 Å². The molecule has 5 nitrogen and oxygen atoms in total. The maximum atomic E-state index is 12.2. The number of nitrogens with two attached hydrogens (primary N) is 1. The Morgan fingerprint density at radius 2 is 1.95 bits per heavy atom. The monoisotopic (exact) mass is 311 g/mol. The zero-order valence-electron chi connectivity index (χ0n) is 12.7. The van der Waals surface area contributed by atoms with Gasteiger partial charge in [-0.2, -0.15) is 0 Å². The molecule has 2 atom stereocenters. The zero-order chi connectivity index (χ0) is 15.5. The second-order valence-corrected chi connectivity index (χ2v) is 7.49. The minimum absolute atomic E-state index is 0.303. The first kappa shape index (κ1) is 16.3. The van der Waals surface area contributed by atoms with Crippen LogP contribution < -0.4 is 15.4 Å². The van der Waals surface area contributed by atoms with E-state index < -0.39 is 10.0 Å². The number of para-hydroxylation sites is 1. The highest BCUT2D eigenvalue weighted by Crippen LogP contribution is 2.33. The molecule has 0 radical (unpaired) electrons. The Labute approximate surface area is 127 Å². The molecule has 0 heterocycles. The summed E-state index contributed by atoms with van der Waals surface area (Å²) in [7, 11) is -0.0449. The largest absolute Gasteiger partial charge is 0.370 e. The fourth-order valence-corrected chi connectivity index (χ4v) is 4.20. The van der Waals surface area contributed by atoms with Gasteiger partial charge in [-0.05, 0) is 44.5 Å². The van der Waals surface area contributed by atoms with Gasteiger partial charge in [-0.1, -0.05) is 25.0 Å². The van der Waals surface area contributed by atoms with Crippen LogP contribution in [0.1, 0.15) is 25.7 Å². The van der Waals surface area contributed by atoms with Crippen molar-refractivity contribution in [2.24, 2.45) is 11.7 Å². The minimum atomic E-state index is -3.46. The van der Waals surface area contributed by atoms with Crippen LogP contribution in [0, 0.1) is 5.92 Å². The van der Waals surface area contributed by atoms with E-state index in [1.807, 2.05) is 19.2 Å². The van der Waals surface area contributed by atoms with Crippen molar-refractivity contribution < 1.29 is 8.42 Å². The van der Waals surface area contributed by atoms with Crippen LogP contribution in [0.5, 0.6) is 0 Å². The standard InChI is InChI=1S/C15H25N3O2S/c1-17-21(19,20)15-10-6-5-9-14(15)18(2)13-8-4-3-7-12(13)11-16/h5-6,9-10,12-13,17H,3-4,7-8,11,16H2,1-2H3. The summed E-state index contributed by atoms with van der Waals surface area (Å²) in [6.07, 6.45) is 4.56. The lowest BCUT2D eigenvalue weighted by molar-refractivity contribution is 0.306. The van der Waals surface area contributed by atoms with Crippen molar-refractivity contribution >= 4 is 15.7 Å². The molecule has 21 heavy (non-hydrogen) atoms. The van der Waals surface area contributed by atoms with E-state index in [-0.39, 0.29) is 0 Å². The summed E-state index contributed by atoms with van der Waals surface area (Å²) >= 11 is 0. The van der Waals surface area contributed by atoms with Gasteiger partial charge in [0, 0.05) is 13.1 Å². The summed E-state index contributed by atoms with van der Waals surface area (Å²) in [5, 5.41) is 0. The molecule has 2 unspecified atom stereocenters. The molecule has 1 fully saturated rings. The molecule has 1 aromatic carbocycles. The molecular formula is C15H25N3O2S. The first-order valence-electron chi connectivity index (χ1n) is 7.46. The summed E-state index contributed by atoms with van der Waals surface area (Å²) in [6, 6.07) is 7.45. The van der Waals surface area contributed by atoms with Crippen LogP contribution >= 0.6 is 0 Å². The fraction of sp³-hybridized carbons (Fsp3) is 0.600. The zero-order valence-corrected chi connectivity index (χ0v) is 13.6. The van der Waals surface area contributed by atoms with Crippen LogP contribution in [-0.2, 0) is 10.0 Å². The molecule has 0 aliphatic heterocycles. The Balaban J connectivity index is 2.37. The molecule has 1 aliphatic rings. The van der Waals surface area contributed by atoms with Crippen LogP contribution in [0.3, 0.4) is 0 Å². The molecule has 1 aromatic rings. The van der Waals surface area contributed by atoms with E-state index in [2.05, 4.69) is 9.62 Å². The third-order valence-corrected chi connectivity index (χ3v) is 5.93. The maximum absolute atomic E-state index is 12.2. The van der Waals surface area contributed by atoms with Gasteiger partial charge >= 0.3 is 0 Å². The number of sulfonamides is 1. The van der Waals surface area contributed by atoms with Gasteiger partial charge in [-0.25, -0.2) is 13.1 Å². The van der Waals surface area contributed by atoms with Crippen LogP contribution in [-0.4, -0.2) is 35.1 Å². The number of hydrogen-bond donors (Lipinski definition) is 2. The topological polar surface area (TPSA) is 75.4 Å². The molecule has 118 valence electrons. The number of rotatable bonds is 5. The third-order valence-electron chi connectivity index (χ3n) is 4.47. The molecule has 0 saturated heterocycles. The first-order valence-corrected chi connectivity index (χ1v) is 8.95. The number of hydrogen-bond acceptors (Lipinski definition) is 4. The second-order valence-electron chi connectivity index (χ2n) is 5.63. The van der Waals surface area contributed by atoms with Crippen LogP contribution in [0.15, 0.2) is 29.2 Å². The van der Waals surface area contributed by atoms with Crippen LogP contribution in [0.2, 0.25) is 0 Å². The molecule has 0 aromatic heterocycles. The van der Waals surface area contributed by atoms with E-state index in [1.165, 1.54) is 19.9 Å². The van der Waals surface area contributed by atoms with Crippen molar-refractivity contribution in [3.63, 3.8) is 0 Å². The molecule has 6 heteroatoms. The first-order chi connectivity index (χ1) is 10.0. The maximum Gasteiger partial charge on any atom is 0.242 e. The van der Waals surface area contributed by atoms with Crippen molar-refractivity contribution in [1.29, 1.82) is 0 Å². The van der Waals surface area contributed by atoms with Gasteiger partial charge in [0.2, 0.25) is 10.0 Å². The van der Waals surface area contributed by atoms with Gasteiger partial charge in [-0.3, -0.25) is 0 Å². The van der Waals surface area contributed by atoms with Crippen LogP contribution in [0.25, 0.3) is 0 Å². The SMILES string of the molecule is CNS(=O)(=O)c1ccccc1N(C)C1CCCCC1CN. The van der Waals surface area contributed by atoms with Gasteiger partial charge in [0.15, 0.2) is 0 Å². The highest BCUT2D eigenvalue weighted by atomic mass is 32.2. The van der Waals surface area contributed by atoms with Gasteiger partial charge in [0.1, 0.15) is 4.90 Å². The van der Waals surface area contributed by atoms with Crippen molar-refractivity contribution in [2.75, 3.05) is 25.5 Å². The third kappa shape index (κ3) is 3.39. The number of benzene rings is 1. The highest BCUT2D eigenvalue weighted by Gasteiger charge is 2.30. The Kier molecular flexibility index (Phi) is 5.24. The van der Waals surface area contributed by atoms with Crippen molar-refractivity contribution in [2.45, 2.75) is 36.6 Å². The average molecular weight is 311 g/mol. The van der Waals surface area contributed by atoms with Crippen LogP contribution in [0.4, 0.5) is 5.69 Å². The quantitative estimate of drug-likeness (QED) is 0.865. The second kappa shape index (κ2) is 6.77. The highest BCUT2D eigenvalue weighted by molar-refractivity contribution is 7.89. The summed E-state index contributed by atoms with van der Waals surface area (Å²) < 4.78 is 26.8. The Morgan fingerprint density at radius 3 is 2.62 bits per heavy atom. The van der Waals surface area contributed by atoms with E-state index in [0.29, 0.717) is 23.4 Å². The van der Waals surface area contributed by atoms with Crippen molar-refractivity contribution in [1.82, 2.24) is 4.72 Å². The summed E-state index contributed by atoms with van der Waals surface area (Å²) in [4.78, 5) is 2.43. The van der Waals surface area contributed by atoms with Crippen molar-refractivity contribution in [3.05, 3.63) is 24.3 Å². The van der Waals surface area contributed by atoms with Gasteiger partial charge in [0.05, 0.1) is 5.69 Å². The molecule has 0 spiro atoms.